The molecule has 0 radical (unpaired) electrons. The van der Waals surface area contributed by atoms with Crippen molar-refractivity contribution in [1.29, 1.82) is 5.26 Å². The molecule has 0 aliphatic carbocycles. The minimum atomic E-state index is 0.355. The third-order valence-corrected chi connectivity index (χ3v) is 3.18. The molecule has 20 heavy (non-hydrogen) atoms. The second kappa shape index (κ2) is 5.20. The Kier molecular flexibility index (Phi) is 3.24. The topological polar surface area (TPSA) is 45.9 Å². The average Bonchev–Trinajstić information content (AvgIpc) is 2.49. The van der Waals surface area contributed by atoms with Crippen molar-refractivity contribution in [3.8, 4) is 17.7 Å². The summed E-state index contributed by atoms with van der Waals surface area (Å²) in [5.74, 6) is 0.870. The molecule has 1 heterocycles. The van der Waals surface area contributed by atoms with Crippen LogP contribution < -0.4 is 4.74 Å². The van der Waals surface area contributed by atoms with E-state index in [-0.39, 0.29) is 0 Å². The fourth-order valence-electron chi connectivity index (χ4n) is 1.94. The number of pyridine rings is 1. The van der Waals surface area contributed by atoms with Crippen LogP contribution in [0, 0.1) is 11.3 Å². The zero-order valence-electron chi connectivity index (χ0n) is 10.4. The Morgan fingerprint density at radius 2 is 1.80 bits per heavy atom. The molecule has 0 atom stereocenters. The number of aromatic nitrogens is 1. The van der Waals surface area contributed by atoms with Crippen LogP contribution >= 0.6 is 11.6 Å². The van der Waals surface area contributed by atoms with Gasteiger partial charge < -0.3 is 4.74 Å². The lowest BCUT2D eigenvalue weighted by Crippen LogP contribution is -1.91. The third-order valence-electron chi connectivity index (χ3n) is 2.86. The molecule has 0 unspecified atom stereocenters. The molecule has 96 valence electrons. The molecule has 0 saturated heterocycles. The molecule has 0 fully saturated rings. The summed E-state index contributed by atoms with van der Waals surface area (Å²) in [6, 6.07) is 18.4. The molecule has 3 rings (SSSR count). The average molecular weight is 281 g/mol. The SMILES string of the molecule is N#Cc1cc(Oc2ccccc2Cl)nc2ccccc12. The highest BCUT2D eigenvalue weighted by atomic mass is 35.5. The van der Waals surface area contributed by atoms with Crippen molar-refractivity contribution >= 4 is 22.5 Å². The highest BCUT2D eigenvalue weighted by molar-refractivity contribution is 6.32. The summed E-state index contributed by atoms with van der Waals surface area (Å²) >= 11 is 6.05. The van der Waals surface area contributed by atoms with Gasteiger partial charge in [0.25, 0.3) is 0 Å². The van der Waals surface area contributed by atoms with Gasteiger partial charge in [-0.2, -0.15) is 5.26 Å². The van der Waals surface area contributed by atoms with Gasteiger partial charge in [-0.25, -0.2) is 4.98 Å². The zero-order valence-corrected chi connectivity index (χ0v) is 11.1. The maximum absolute atomic E-state index is 9.22. The summed E-state index contributed by atoms with van der Waals surface area (Å²) in [6.45, 7) is 0. The Bertz CT molecular complexity index is 824. The smallest absolute Gasteiger partial charge is 0.221 e. The number of nitriles is 1. The van der Waals surface area contributed by atoms with E-state index >= 15 is 0 Å². The first kappa shape index (κ1) is 12.5. The largest absolute Gasteiger partial charge is 0.437 e. The van der Waals surface area contributed by atoms with E-state index in [1.165, 1.54) is 0 Å². The molecule has 3 aromatic rings. The number of benzene rings is 2. The number of fused-ring (bicyclic) bond motifs is 1. The van der Waals surface area contributed by atoms with E-state index in [1.807, 2.05) is 36.4 Å². The van der Waals surface area contributed by atoms with Gasteiger partial charge in [-0.05, 0) is 18.2 Å². The Morgan fingerprint density at radius 1 is 1.05 bits per heavy atom. The molecule has 0 amide bonds. The molecule has 0 spiro atoms. The molecule has 0 N–H and O–H groups in total. The Morgan fingerprint density at radius 3 is 2.60 bits per heavy atom. The number of hydrogen-bond acceptors (Lipinski definition) is 3. The Labute approximate surface area is 121 Å². The zero-order chi connectivity index (χ0) is 13.9. The van der Waals surface area contributed by atoms with Gasteiger partial charge >= 0.3 is 0 Å². The van der Waals surface area contributed by atoms with Gasteiger partial charge in [0, 0.05) is 11.5 Å². The van der Waals surface area contributed by atoms with Crippen LogP contribution in [0.3, 0.4) is 0 Å². The molecule has 0 bridgehead atoms. The van der Waals surface area contributed by atoms with Crippen molar-refractivity contribution in [2.75, 3.05) is 0 Å². The van der Waals surface area contributed by atoms with E-state index in [4.69, 9.17) is 16.3 Å². The summed E-state index contributed by atoms with van der Waals surface area (Å²) in [7, 11) is 0. The number of halogens is 1. The Balaban J connectivity index is 2.09. The summed E-state index contributed by atoms with van der Waals surface area (Å²) in [5.41, 5.74) is 1.24. The van der Waals surface area contributed by atoms with Crippen LogP contribution in [0.15, 0.2) is 54.6 Å². The number of hydrogen-bond donors (Lipinski definition) is 0. The van der Waals surface area contributed by atoms with Crippen LogP contribution in [0.1, 0.15) is 5.56 Å². The summed E-state index contributed by atoms with van der Waals surface area (Å²) < 4.78 is 5.67. The van der Waals surface area contributed by atoms with Crippen LogP contribution in [-0.4, -0.2) is 4.98 Å². The van der Waals surface area contributed by atoms with E-state index in [2.05, 4.69) is 11.1 Å². The lowest BCUT2D eigenvalue weighted by molar-refractivity contribution is 0.465. The monoisotopic (exact) mass is 280 g/mol. The first-order valence-corrected chi connectivity index (χ1v) is 6.38. The van der Waals surface area contributed by atoms with Gasteiger partial charge in [-0.3, -0.25) is 0 Å². The quantitative estimate of drug-likeness (QED) is 0.691. The number of nitrogens with zero attached hydrogens (tertiary/aromatic N) is 2. The fourth-order valence-corrected chi connectivity index (χ4v) is 2.11. The lowest BCUT2D eigenvalue weighted by atomic mass is 10.1. The van der Waals surface area contributed by atoms with E-state index in [0.717, 1.165) is 5.39 Å². The van der Waals surface area contributed by atoms with E-state index in [1.54, 1.807) is 18.2 Å². The normalized spacial score (nSPS) is 10.2. The predicted octanol–water partition coefficient (Wildman–Crippen LogP) is 4.55. The minimum absolute atomic E-state index is 0.355. The molecular formula is C16H9ClN2O. The molecule has 2 aromatic carbocycles. The highest BCUT2D eigenvalue weighted by Crippen LogP contribution is 2.30. The van der Waals surface area contributed by atoms with Gasteiger partial charge in [-0.1, -0.05) is 41.9 Å². The molecule has 0 aliphatic rings. The number of ether oxygens (including phenoxy) is 1. The lowest BCUT2D eigenvalue weighted by Gasteiger charge is -2.08. The van der Waals surface area contributed by atoms with Crippen molar-refractivity contribution in [2.24, 2.45) is 0 Å². The molecule has 0 aliphatic heterocycles. The second-order valence-corrected chi connectivity index (χ2v) is 4.58. The number of rotatable bonds is 2. The fraction of sp³-hybridized carbons (Fsp3) is 0. The van der Waals surface area contributed by atoms with E-state index in [0.29, 0.717) is 27.7 Å². The van der Waals surface area contributed by atoms with Gasteiger partial charge in [0.15, 0.2) is 0 Å². The second-order valence-electron chi connectivity index (χ2n) is 4.17. The maximum Gasteiger partial charge on any atom is 0.221 e. The van der Waals surface area contributed by atoms with Crippen molar-refractivity contribution in [2.45, 2.75) is 0 Å². The van der Waals surface area contributed by atoms with E-state index < -0.39 is 0 Å². The molecule has 1 aromatic heterocycles. The van der Waals surface area contributed by atoms with Crippen molar-refractivity contribution < 1.29 is 4.74 Å². The number of para-hydroxylation sites is 2. The van der Waals surface area contributed by atoms with Crippen molar-refractivity contribution in [3.05, 3.63) is 65.2 Å². The van der Waals surface area contributed by atoms with E-state index in [9.17, 15) is 5.26 Å². The summed E-state index contributed by atoms with van der Waals surface area (Å²) in [4.78, 5) is 4.39. The van der Waals surface area contributed by atoms with Crippen LogP contribution in [-0.2, 0) is 0 Å². The van der Waals surface area contributed by atoms with Crippen LogP contribution in [0.2, 0.25) is 5.02 Å². The predicted molar refractivity (Wildman–Crippen MR) is 78.0 cm³/mol. The highest BCUT2D eigenvalue weighted by Gasteiger charge is 2.08. The summed E-state index contributed by atoms with van der Waals surface area (Å²) in [5, 5.41) is 10.5. The van der Waals surface area contributed by atoms with Crippen LogP contribution in [0.4, 0.5) is 0 Å². The van der Waals surface area contributed by atoms with Gasteiger partial charge in [-0.15, -0.1) is 0 Å². The van der Waals surface area contributed by atoms with Crippen molar-refractivity contribution in [3.63, 3.8) is 0 Å². The first-order chi connectivity index (χ1) is 9.78. The van der Waals surface area contributed by atoms with Crippen LogP contribution in [0.5, 0.6) is 11.6 Å². The Hall–Kier alpha value is -2.57. The third kappa shape index (κ3) is 2.29. The summed E-state index contributed by atoms with van der Waals surface area (Å²) in [6.07, 6.45) is 0. The van der Waals surface area contributed by atoms with Crippen LogP contribution in [0.25, 0.3) is 10.9 Å². The maximum atomic E-state index is 9.22. The van der Waals surface area contributed by atoms with Gasteiger partial charge in [0.05, 0.1) is 16.1 Å². The first-order valence-electron chi connectivity index (χ1n) is 6.00. The van der Waals surface area contributed by atoms with Gasteiger partial charge in [0.2, 0.25) is 5.88 Å². The molecule has 3 nitrogen and oxygen atoms in total. The minimum Gasteiger partial charge on any atom is -0.437 e. The molecule has 4 heteroatoms. The molecular weight excluding hydrogens is 272 g/mol. The molecule has 0 saturated carbocycles. The standard InChI is InChI=1S/C16H9ClN2O/c17-13-6-2-4-8-15(13)20-16-9-11(10-18)12-5-1-3-7-14(12)19-16/h1-9H. The van der Waals surface area contributed by atoms with Crippen molar-refractivity contribution in [1.82, 2.24) is 4.98 Å². The van der Waals surface area contributed by atoms with Gasteiger partial charge in [0.1, 0.15) is 11.8 Å².